The number of aliphatic carboxylic acids is 1. The lowest BCUT2D eigenvalue weighted by molar-refractivity contribution is -0.146. The number of carboxylic acids is 1. The molecule has 9 heteroatoms. The van der Waals surface area contributed by atoms with Crippen molar-refractivity contribution in [2.45, 2.75) is 24.6 Å². The maximum absolute atomic E-state index is 12.4. The predicted molar refractivity (Wildman–Crippen MR) is 73.7 cm³/mol. The molecule has 1 aromatic rings. The number of carbonyl (C=O) groups is 1. The van der Waals surface area contributed by atoms with Gasteiger partial charge < -0.3 is 5.11 Å². The van der Waals surface area contributed by atoms with Crippen molar-refractivity contribution in [1.29, 1.82) is 0 Å². The number of hydrogen-bond acceptors (Lipinski definition) is 5. The molecule has 1 fully saturated rings. The number of halogens is 1. The average Bonchev–Trinajstić information content (AvgIpc) is 2.86. The Bertz CT molecular complexity index is 608. The van der Waals surface area contributed by atoms with Crippen molar-refractivity contribution in [2.24, 2.45) is 5.41 Å². The van der Waals surface area contributed by atoms with Crippen molar-refractivity contribution in [3.8, 4) is 0 Å². The van der Waals surface area contributed by atoms with Crippen LogP contribution in [0, 0.1) is 12.3 Å². The third kappa shape index (κ3) is 2.56. The monoisotopic (exact) mass is 368 g/mol. The summed E-state index contributed by atoms with van der Waals surface area (Å²) < 4.78 is 26.6. The smallest absolute Gasteiger partial charge is 0.310 e. The van der Waals surface area contributed by atoms with E-state index in [2.05, 4.69) is 20.9 Å². The predicted octanol–water partition coefficient (Wildman–Crippen LogP) is 1.70. The van der Waals surface area contributed by atoms with Crippen LogP contribution in [-0.2, 0) is 14.8 Å². The summed E-state index contributed by atoms with van der Waals surface area (Å²) in [6, 6.07) is 0. The van der Waals surface area contributed by atoms with Crippen LogP contribution in [-0.4, -0.2) is 41.9 Å². The van der Waals surface area contributed by atoms with Crippen molar-refractivity contribution in [2.75, 3.05) is 13.1 Å². The zero-order valence-corrected chi connectivity index (χ0v) is 13.6. The van der Waals surface area contributed by atoms with Crippen LogP contribution < -0.4 is 0 Å². The largest absolute Gasteiger partial charge is 0.481 e. The molecular weight excluding hydrogens is 356 g/mol. The maximum Gasteiger partial charge on any atom is 0.310 e. The van der Waals surface area contributed by atoms with Crippen molar-refractivity contribution in [1.82, 2.24) is 9.29 Å². The summed E-state index contributed by atoms with van der Waals surface area (Å²) in [6.45, 7) is 3.47. The van der Waals surface area contributed by atoms with Gasteiger partial charge in [0.15, 0.2) is 0 Å². The zero-order chi connectivity index (χ0) is 14.4. The Morgan fingerprint density at radius 2 is 2.21 bits per heavy atom. The summed E-state index contributed by atoms with van der Waals surface area (Å²) in [6.07, 6.45) is 0.313. The van der Waals surface area contributed by atoms with Crippen LogP contribution in [0.2, 0.25) is 0 Å². The standard InChI is InChI=1S/C10H13BrN2O4S2/c1-6-7(11)18-9(12-6)19(16,17)13-4-3-10(2,5-13)8(14)15/h3-5H2,1-2H3,(H,14,15). The van der Waals surface area contributed by atoms with Crippen LogP contribution in [0.5, 0.6) is 0 Å². The summed E-state index contributed by atoms with van der Waals surface area (Å²) >= 11 is 4.29. The van der Waals surface area contributed by atoms with E-state index in [0.717, 1.165) is 11.3 Å². The molecule has 1 N–H and O–H groups in total. The number of aromatic nitrogens is 1. The first-order valence-corrected chi connectivity index (χ1v) is 8.58. The van der Waals surface area contributed by atoms with Gasteiger partial charge in [-0.15, -0.1) is 0 Å². The molecule has 1 aliphatic heterocycles. The molecule has 0 bridgehead atoms. The van der Waals surface area contributed by atoms with E-state index >= 15 is 0 Å². The van der Waals surface area contributed by atoms with E-state index in [9.17, 15) is 13.2 Å². The van der Waals surface area contributed by atoms with Gasteiger partial charge in [-0.05, 0) is 36.2 Å². The SMILES string of the molecule is Cc1nc(S(=O)(=O)N2CCC(C)(C(=O)O)C2)sc1Br. The summed E-state index contributed by atoms with van der Waals surface area (Å²) in [7, 11) is -3.70. The van der Waals surface area contributed by atoms with Gasteiger partial charge in [-0.1, -0.05) is 11.3 Å². The Balaban J connectivity index is 2.30. The van der Waals surface area contributed by atoms with Crippen LogP contribution in [0.15, 0.2) is 8.13 Å². The molecule has 1 saturated heterocycles. The van der Waals surface area contributed by atoms with E-state index in [0.29, 0.717) is 15.9 Å². The summed E-state index contributed by atoms with van der Waals surface area (Å²) in [4.78, 5) is 15.2. The lowest BCUT2D eigenvalue weighted by Crippen LogP contribution is -2.34. The lowest BCUT2D eigenvalue weighted by Gasteiger charge is -2.18. The van der Waals surface area contributed by atoms with Gasteiger partial charge in [0.1, 0.15) is 0 Å². The second kappa shape index (κ2) is 4.80. The molecule has 0 aliphatic carbocycles. The second-order valence-electron chi connectivity index (χ2n) is 4.79. The van der Waals surface area contributed by atoms with Crippen molar-refractivity contribution in [3.63, 3.8) is 0 Å². The van der Waals surface area contributed by atoms with E-state index in [1.165, 1.54) is 4.31 Å². The Morgan fingerprint density at radius 3 is 2.63 bits per heavy atom. The molecule has 1 unspecified atom stereocenters. The van der Waals surface area contributed by atoms with Gasteiger partial charge in [0.05, 0.1) is 14.9 Å². The molecule has 0 spiro atoms. The molecule has 6 nitrogen and oxygen atoms in total. The van der Waals surface area contributed by atoms with Crippen molar-refractivity contribution in [3.05, 3.63) is 9.48 Å². The minimum Gasteiger partial charge on any atom is -0.481 e. The van der Waals surface area contributed by atoms with E-state index < -0.39 is 21.4 Å². The Labute approximate surface area is 123 Å². The number of sulfonamides is 1. The van der Waals surface area contributed by atoms with Gasteiger partial charge in [0.25, 0.3) is 10.0 Å². The topological polar surface area (TPSA) is 87.6 Å². The van der Waals surface area contributed by atoms with Crippen LogP contribution >= 0.6 is 27.3 Å². The molecule has 0 amide bonds. The fourth-order valence-corrected chi connectivity index (χ4v) is 5.52. The van der Waals surface area contributed by atoms with Gasteiger partial charge in [0, 0.05) is 13.1 Å². The van der Waals surface area contributed by atoms with E-state index in [1.54, 1.807) is 13.8 Å². The molecule has 0 saturated carbocycles. The van der Waals surface area contributed by atoms with E-state index in [1.807, 2.05) is 0 Å². The zero-order valence-electron chi connectivity index (χ0n) is 10.4. The summed E-state index contributed by atoms with van der Waals surface area (Å²) in [5, 5.41) is 9.13. The maximum atomic E-state index is 12.4. The van der Waals surface area contributed by atoms with Crippen LogP contribution in [0.4, 0.5) is 0 Å². The fraction of sp³-hybridized carbons (Fsp3) is 0.600. The highest BCUT2D eigenvalue weighted by Crippen LogP contribution is 2.36. The van der Waals surface area contributed by atoms with Crippen LogP contribution in [0.25, 0.3) is 0 Å². The fourth-order valence-electron chi connectivity index (χ4n) is 1.87. The molecule has 1 aromatic heterocycles. The molecule has 2 heterocycles. The molecule has 0 radical (unpaired) electrons. The van der Waals surface area contributed by atoms with E-state index in [4.69, 9.17) is 5.11 Å². The van der Waals surface area contributed by atoms with Crippen molar-refractivity contribution < 1.29 is 18.3 Å². The molecule has 106 valence electrons. The summed E-state index contributed by atoms with van der Waals surface area (Å²) in [5.41, 5.74) is -0.403. The highest BCUT2D eigenvalue weighted by molar-refractivity contribution is 9.11. The van der Waals surface area contributed by atoms with Crippen molar-refractivity contribution >= 4 is 43.3 Å². The molecule has 2 rings (SSSR count). The highest BCUT2D eigenvalue weighted by Gasteiger charge is 2.45. The number of thiazole rings is 1. The lowest BCUT2D eigenvalue weighted by atomic mass is 9.90. The average molecular weight is 369 g/mol. The van der Waals surface area contributed by atoms with Crippen LogP contribution in [0.3, 0.4) is 0 Å². The number of carboxylic acid groups (broad SMARTS) is 1. The number of aryl methyl sites for hydroxylation is 1. The molecule has 1 aliphatic rings. The quantitative estimate of drug-likeness (QED) is 0.876. The third-order valence-electron chi connectivity index (χ3n) is 3.24. The van der Waals surface area contributed by atoms with Gasteiger partial charge in [-0.25, -0.2) is 13.4 Å². The van der Waals surface area contributed by atoms with E-state index in [-0.39, 0.29) is 17.4 Å². The van der Waals surface area contributed by atoms with Gasteiger partial charge >= 0.3 is 5.97 Å². The Kier molecular flexibility index (Phi) is 3.76. The summed E-state index contributed by atoms with van der Waals surface area (Å²) in [5.74, 6) is -0.971. The molecule has 0 aromatic carbocycles. The first kappa shape index (κ1) is 14.9. The Morgan fingerprint density at radius 1 is 1.58 bits per heavy atom. The number of rotatable bonds is 3. The molecular formula is C10H13BrN2O4S2. The van der Waals surface area contributed by atoms with Gasteiger partial charge in [0.2, 0.25) is 4.34 Å². The normalized spacial score (nSPS) is 24.8. The number of hydrogen-bond donors (Lipinski definition) is 1. The first-order valence-electron chi connectivity index (χ1n) is 5.53. The Hall–Kier alpha value is -0.510. The first-order chi connectivity index (χ1) is 8.67. The molecule has 1 atom stereocenters. The van der Waals surface area contributed by atoms with Gasteiger partial charge in [-0.2, -0.15) is 4.31 Å². The van der Waals surface area contributed by atoms with Crippen LogP contribution in [0.1, 0.15) is 19.0 Å². The molecule has 19 heavy (non-hydrogen) atoms. The second-order valence-corrected chi connectivity index (χ2v) is 9.22. The van der Waals surface area contributed by atoms with Gasteiger partial charge in [-0.3, -0.25) is 4.79 Å². The highest BCUT2D eigenvalue weighted by atomic mass is 79.9. The minimum absolute atomic E-state index is 0.00603. The minimum atomic E-state index is -3.70. The number of nitrogens with zero attached hydrogens (tertiary/aromatic N) is 2. The third-order valence-corrected chi connectivity index (χ3v) is 7.44.